The molecule has 0 radical (unpaired) electrons. The average Bonchev–Trinajstić information content (AvgIpc) is 3.40. The predicted molar refractivity (Wildman–Crippen MR) is 186 cm³/mol. The maximum atomic E-state index is 15.0. The molecule has 0 saturated carbocycles. The third-order valence-electron chi connectivity index (χ3n) is 7.49. The van der Waals surface area contributed by atoms with E-state index in [0.29, 0.717) is 24.0 Å². The quantitative estimate of drug-likeness (QED) is 0.106. The number of carbonyl (C=O) groups is 1. The van der Waals surface area contributed by atoms with Crippen molar-refractivity contribution in [3.8, 4) is 17.3 Å². The predicted octanol–water partition coefficient (Wildman–Crippen LogP) is 8.55. The number of hydrogen-bond donors (Lipinski definition) is 1. The molecule has 0 amide bonds. The molecule has 4 rings (SSSR count). The lowest BCUT2D eigenvalue weighted by Crippen LogP contribution is -2.26. The Hall–Kier alpha value is -4.12. The lowest BCUT2D eigenvalue weighted by atomic mass is 9.91. The second-order valence-electron chi connectivity index (χ2n) is 12.9. The SMILES string of the molecule is CC(C)C(=O)OC(C)(C)C.CCCC(CCC)c1cnc(-c2nn(Cc3c(F)cc(OCCOC)cc3F)c3ccccc23)nc1NC. The smallest absolute Gasteiger partial charge is 0.308 e. The molecule has 48 heavy (non-hydrogen) atoms. The Bertz CT molecular complexity index is 1610. The fraction of sp³-hybridized carbons (Fsp3) is 0.514. The van der Waals surface area contributed by atoms with Gasteiger partial charge in [0, 0.05) is 49.0 Å². The molecule has 0 aliphatic heterocycles. The van der Waals surface area contributed by atoms with Crippen LogP contribution in [0.25, 0.3) is 22.4 Å². The molecule has 0 bridgehead atoms. The number of hydrogen-bond acceptors (Lipinski definition) is 8. The number of anilines is 1. The van der Waals surface area contributed by atoms with Crippen molar-refractivity contribution in [1.29, 1.82) is 0 Å². The molecule has 1 N–H and O–H groups in total. The van der Waals surface area contributed by atoms with Gasteiger partial charge in [0.1, 0.15) is 41.1 Å². The highest BCUT2D eigenvalue weighted by Crippen LogP contribution is 2.33. The lowest BCUT2D eigenvalue weighted by Gasteiger charge is -2.20. The Morgan fingerprint density at radius 2 is 1.67 bits per heavy atom. The van der Waals surface area contributed by atoms with Crippen LogP contribution in [0.4, 0.5) is 14.6 Å². The molecule has 2 heterocycles. The number of methoxy groups -OCH3 is 1. The zero-order valence-electron chi connectivity index (χ0n) is 29.8. The number of esters is 1. The molecule has 0 aliphatic rings. The minimum atomic E-state index is -0.700. The maximum absolute atomic E-state index is 15.0. The molecule has 0 unspecified atom stereocenters. The Morgan fingerprint density at radius 3 is 2.21 bits per heavy atom. The van der Waals surface area contributed by atoms with Gasteiger partial charge < -0.3 is 19.5 Å². The van der Waals surface area contributed by atoms with Crippen molar-refractivity contribution in [3.05, 3.63) is 65.4 Å². The van der Waals surface area contributed by atoms with E-state index >= 15 is 0 Å². The van der Waals surface area contributed by atoms with Crippen LogP contribution in [0.1, 0.15) is 91.2 Å². The van der Waals surface area contributed by atoms with Crippen molar-refractivity contribution in [1.82, 2.24) is 19.7 Å². The van der Waals surface area contributed by atoms with E-state index in [1.165, 1.54) is 19.2 Å². The Balaban J connectivity index is 0.000000542. The molecule has 0 spiro atoms. The zero-order valence-corrected chi connectivity index (χ0v) is 29.8. The third-order valence-corrected chi connectivity index (χ3v) is 7.49. The highest BCUT2D eigenvalue weighted by molar-refractivity contribution is 5.91. The highest BCUT2D eigenvalue weighted by atomic mass is 19.1. The number of ether oxygens (including phenoxy) is 3. The second-order valence-corrected chi connectivity index (χ2v) is 12.9. The molecule has 262 valence electrons. The van der Waals surface area contributed by atoms with Crippen LogP contribution in [0.2, 0.25) is 0 Å². The van der Waals surface area contributed by atoms with Gasteiger partial charge in [0.2, 0.25) is 0 Å². The highest BCUT2D eigenvalue weighted by Gasteiger charge is 2.22. The summed E-state index contributed by atoms with van der Waals surface area (Å²) in [7, 11) is 3.39. The minimum absolute atomic E-state index is 0.0285. The maximum Gasteiger partial charge on any atom is 0.308 e. The number of para-hydroxylation sites is 1. The van der Waals surface area contributed by atoms with Crippen LogP contribution >= 0.6 is 0 Å². The standard InChI is InChI=1S/C29H35F2N5O2.C8H16O2/c1-5-9-19(10-6-2)22-17-33-29(34-28(22)32-3)27-21-11-7-8-12-26(21)36(35-27)18-23-24(30)15-20(16-25(23)31)38-14-13-37-4;1-6(2)7(9)10-8(3,4)5/h7-8,11-12,15-17,19H,5-6,9-10,13-14,18H2,1-4H3,(H,32,33,34);6H,1-5H3. The molecule has 0 saturated heterocycles. The summed E-state index contributed by atoms with van der Waals surface area (Å²) in [5, 5.41) is 8.76. The summed E-state index contributed by atoms with van der Waals surface area (Å²) in [4.78, 5) is 20.5. The molecule has 11 heteroatoms. The van der Waals surface area contributed by atoms with E-state index in [0.717, 1.165) is 48.0 Å². The monoisotopic (exact) mass is 667 g/mol. The van der Waals surface area contributed by atoms with E-state index < -0.39 is 11.6 Å². The summed E-state index contributed by atoms with van der Waals surface area (Å²) in [6.45, 7) is 14.1. The first-order chi connectivity index (χ1) is 22.8. The summed E-state index contributed by atoms with van der Waals surface area (Å²) < 4.78 is 46.9. The number of nitrogens with zero attached hydrogens (tertiary/aromatic N) is 4. The van der Waals surface area contributed by atoms with Crippen molar-refractivity contribution in [2.24, 2.45) is 5.92 Å². The summed E-state index contributed by atoms with van der Waals surface area (Å²) in [6.07, 6.45) is 6.18. The van der Waals surface area contributed by atoms with Gasteiger partial charge in [-0.2, -0.15) is 5.10 Å². The number of nitrogens with one attached hydrogen (secondary N) is 1. The van der Waals surface area contributed by atoms with Gasteiger partial charge in [-0.1, -0.05) is 58.7 Å². The van der Waals surface area contributed by atoms with Gasteiger partial charge >= 0.3 is 5.97 Å². The summed E-state index contributed by atoms with van der Waals surface area (Å²) in [5.41, 5.74) is 1.95. The number of halogens is 2. The first-order valence-electron chi connectivity index (χ1n) is 16.7. The first kappa shape index (κ1) is 38.3. The van der Waals surface area contributed by atoms with Crippen LogP contribution in [0.15, 0.2) is 42.6 Å². The van der Waals surface area contributed by atoms with Gasteiger partial charge in [0.05, 0.1) is 24.6 Å². The number of aromatic nitrogens is 4. The molecule has 2 aromatic carbocycles. The van der Waals surface area contributed by atoms with E-state index in [1.54, 1.807) is 4.68 Å². The second kappa shape index (κ2) is 17.9. The molecule has 2 aromatic heterocycles. The summed E-state index contributed by atoms with van der Waals surface area (Å²) >= 11 is 0. The van der Waals surface area contributed by atoms with E-state index in [-0.39, 0.29) is 42.0 Å². The molecule has 0 atom stereocenters. The van der Waals surface area contributed by atoms with Gasteiger partial charge in [0.15, 0.2) is 5.82 Å². The van der Waals surface area contributed by atoms with Crippen LogP contribution in [-0.4, -0.2) is 58.7 Å². The average molecular weight is 668 g/mol. The molecular weight excluding hydrogens is 616 g/mol. The van der Waals surface area contributed by atoms with Gasteiger partial charge in [0.25, 0.3) is 0 Å². The van der Waals surface area contributed by atoms with Crippen molar-refractivity contribution >= 4 is 22.7 Å². The molecule has 0 fully saturated rings. The number of benzene rings is 2. The Labute approximate surface area is 283 Å². The molecule has 0 aliphatic carbocycles. The van der Waals surface area contributed by atoms with Gasteiger partial charge in [-0.3, -0.25) is 9.48 Å². The molecule has 9 nitrogen and oxygen atoms in total. The van der Waals surface area contributed by atoms with E-state index in [4.69, 9.17) is 29.3 Å². The fourth-order valence-corrected chi connectivity index (χ4v) is 5.20. The van der Waals surface area contributed by atoms with Crippen LogP contribution in [0.3, 0.4) is 0 Å². The van der Waals surface area contributed by atoms with Crippen LogP contribution < -0.4 is 10.1 Å². The first-order valence-corrected chi connectivity index (χ1v) is 16.7. The van der Waals surface area contributed by atoms with Crippen LogP contribution in [0, 0.1) is 17.6 Å². The fourth-order valence-electron chi connectivity index (χ4n) is 5.20. The number of rotatable bonds is 14. The van der Waals surface area contributed by atoms with Gasteiger partial charge in [-0.25, -0.2) is 18.7 Å². The van der Waals surface area contributed by atoms with Crippen LogP contribution in [-0.2, 0) is 20.8 Å². The summed E-state index contributed by atoms with van der Waals surface area (Å²) in [6, 6.07) is 9.93. The summed E-state index contributed by atoms with van der Waals surface area (Å²) in [5.74, 6) is 0.174. The van der Waals surface area contributed by atoms with E-state index in [2.05, 4.69) is 19.2 Å². The minimum Gasteiger partial charge on any atom is -0.491 e. The van der Waals surface area contributed by atoms with Crippen LogP contribution in [0.5, 0.6) is 5.75 Å². The van der Waals surface area contributed by atoms with Gasteiger partial charge in [-0.15, -0.1) is 0 Å². The topological polar surface area (TPSA) is 100 Å². The lowest BCUT2D eigenvalue weighted by molar-refractivity contribution is -0.158. The molecular formula is C37H51F2N5O4. The zero-order chi connectivity index (χ0) is 35.4. The Morgan fingerprint density at radius 1 is 1.02 bits per heavy atom. The van der Waals surface area contributed by atoms with Crippen molar-refractivity contribution in [2.75, 3.05) is 32.7 Å². The van der Waals surface area contributed by atoms with E-state index in [1.807, 2.05) is 72.1 Å². The molecule has 4 aromatic rings. The van der Waals surface area contributed by atoms with Crippen molar-refractivity contribution < 1.29 is 27.8 Å². The normalized spacial score (nSPS) is 11.5. The number of fused-ring (bicyclic) bond motifs is 1. The van der Waals surface area contributed by atoms with Crippen molar-refractivity contribution in [2.45, 2.75) is 92.2 Å². The number of carbonyl (C=O) groups excluding carboxylic acids is 1. The largest absolute Gasteiger partial charge is 0.491 e. The third kappa shape index (κ3) is 10.4. The van der Waals surface area contributed by atoms with Crippen molar-refractivity contribution in [3.63, 3.8) is 0 Å². The Kier molecular flexibility index (Phi) is 14.3. The van der Waals surface area contributed by atoms with E-state index in [9.17, 15) is 13.6 Å². The van der Waals surface area contributed by atoms with Gasteiger partial charge in [-0.05, 0) is 45.6 Å².